The zero-order chi connectivity index (χ0) is 11.7. The summed E-state index contributed by atoms with van der Waals surface area (Å²) in [5, 5.41) is 1.89. The second-order valence-corrected chi connectivity index (χ2v) is 4.21. The molecule has 0 aromatic heterocycles. The fourth-order valence-corrected chi connectivity index (χ4v) is 1.86. The molecule has 1 rings (SSSR count). The van der Waals surface area contributed by atoms with Gasteiger partial charge in [0.05, 0.1) is 5.41 Å². The highest BCUT2D eigenvalue weighted by atomic mass is 19.4. The minimum absolute atomic E-state index is 0.342. The topological polar surface area (TPSA) is 55.1 Å². The molecule has 15 heavy (non-hydrogen) atoms. The molecule has 1 fully saturated rings. The molecule has 88 valence electrons. The van der Waals surface area contributed by atoms with Gasteiger partial charge < -0.3 is 11.1 Å². The quantitative estimate of drug-likeness (QED) is 0.740. The van der Waals surface area contributed by atoms with E-state index in [1.165, 1.54) is 0 Å². The molecule has 1 amide bonds. The highest BCUT2D eigenvalue weighted by molar-refractivity contribution is 5.83. The monoisotopic (exact) mass is 224 g/mol. The molecule has 0 aromatic rings. The van der Waals surface area contributed by atoms with Gasteiger partial charge in [-0.15, -0.1) is 0 Å². The third-order valence-corrected chi connectivity index (χ3v) is 3.00. The Labute approximate surface area is 86.2 Å². The van der Waals surface area contributed by atoms with E-state index in [4.69, 9.17) is 5.73 Å². The molecule has 2 unspecified atom stereocenters. The standard InChI is InChI=1S/C9H15F3N2O/c1-8(4-2-3-6(8)13)7(15)14-5-9(10,11)12/h6H,2-5,13H2,1H3,(H,14,15). The summed E-state index contributed by atoms with van der Waals surface area (Å²) in [5.74, 6) is -0.593. The normalized spacial score (nSPS) is 31.7. The highest BCUT2D eigenvalue weighted by Gasteiger charge is 2.43. The lowest BCUT2D eigenvalue weighted by Gasteiger charge is -2.27. The fourth-order valence-electron chi connectivity index (χ4n) is 1.86. The molecule has 3 nitrogen and oxygen atoms in total. The first-order valence-electron chi connectivity index (χ1n) is 4.86. The number of nitrogens with two attached hydrogens (primary N) is 1. The average molecular weight is 224 g/mol. The van der Waals surface area contributed by atoms with Gasteiger partial charge in [0, 0.05) is 6.04 Å². The lowest BCUT2D eigenvalue weighted by atomic mass is 9.84. The van der Waals surface area contributed by atoms with Gasteiger partial charge in [-0.2, -0.15) is 13.2 Å². The fraction of sp³-hybridized carbons (Fsp3) is 0.889. The summed E-state index contributed by atoms with van der Waals surface area (Å²) in [4.78, 5) is 11.5. The number of alkyl halides is 3. The number of nitrogens with one attached hydrogen (secondary N) is 1. The number of amides is 1. The van der Waals surface area contributed by atoms with Gasteiger partial charge in [0.1, 0.15) is 6.54 Å². The Morgan fingerprint density at radius 1 is 1.60 bits per heavy atom. The number of rotatable bonds is 2. The van der Waals surface area contributed by atoms with Gasteiger partial charge in [-0.25, -0.2) is 0 Å². The van der Waals surface area contributed by atoms with Crippen LogP contribution in [0.3, 0.4) is 0 Å². The van der Waals surface area contributed by atoms with E-state index in [0.717, 1.165) is 6.42 Å². The molecule has 6 heteroatoms. The minimum Gasteiger partial charge on any atom is -0.346 e. The first-order valence-corrected chi connectivity index (χ1v) is 4.86. The lowest BCUT2D eigenvalue weighted by molar-refractivity contribution is -0.144. The van der Waals surface area contributed by atoms with Crippen molar-refractivity contribution in [1.29, 1.82) is 0 Å². The van der Waals surface area contributed by atoms with Crippen molar-refractivity contribution in [1.82, 2.24) is 5.32 Å². The van der Waals surface area contributed by atoms with Crippen molar-refractivity contribution in [2.75, 3.05) is 6.54 Å². The molecular formula is C9H15F3N2O. The van der Waals surface area contributed by atoms with Gasteiger partial charge >= 0.3 is 6.18 Å². The summed E-state index contributed by atoms with van der Waals surface area (Å²) in [6.45, 7) is 0.338. The van der Waals surface area contributed by atoms with Crippen molar-refractivity contribution >= 4 is 5.91 Å². The Kier molecular flexibility index (Phi) is 3.28. The van der Waals surface area contributed by atoms with E-state index in [1.54, 1.807) is 6.92 Å². The summed E-state index contributed by atoms with van der Waals surface area (Å²) in [5.41, 5.74) is 4.87. The summed E-state index contributed by atoms with van der Waals surface area (Å²) in [7, 11) is 0. The number of carbonyl (C=O) groups is 1. The van der Waals surface area contributed by atoms with E-state index >= 15 is 0 Å². The van der Waals surface area contributed by atoms with Crippen LogP contribution >= 0.6 is 0 Å². The van der Waals surface area contributed by atoms with Crippen LogP contribution in [0.25, 0.3) is 0 Å². The van der Waals surface area contributed by atoms with Crippen LogP contribution in [-0.4, -0.2) is 24.7 Å². The maximum absolute atomic E-state index is 11.9. The van der Waals surface area contributed by atoms with E-state index in [-0.39, 0.29) is 6.04 Å². The maximum atomic E-state index is 11.9. The van der Waals surface area contributed by atoms with Crippen LogP contribution in [0.1, 0.15) is 26.2 Å². The molecule has 0 spiro atoms. The third kappa shape index (κ3) is 2.84. The molecule has 0 radical (unpaired) electrons. The summed E-state index contributed by atoms with van der Waals surface area (Å²) < 4.78 is 35.6. The molecule has 1 aliphatic carbocycles. The number of hydrogen-bond acceptors (Lipinski definition) is 2. The van der Waals surface area contributed by atoms with E-state index in [1.807, 2.05) is 5.32 Å². The zero-order valence-corrected chi connectivity index (χ0v) is 8.53. The van der Waals surface area contributed by atoms with E-state index < -0.39 is 24.0 Å². The molecule has 0 heterocycles. The minimum atomic E-state index is -4.37. The Hall–Kier alpha value is -0.780. The maximum Gasteiger partial charge on any atom is 0.405 e. The Morgan fingerprint density at radius 2 is 2.20 bits per heavy atom. The summed E-state index contributed by atoms with van der Waals surface area (Å²) >= 11 is 0. The highest BCUT2D eigenvalue weighted by Crippen LogP contribution is 2.36. The van der Waals surface area contributed by atoms with E-state index in [0.29, 0.717) is 12.8 Å². The van der Waals surface area contributed by atoms with Crippen LogP contribution < -0.4 is 11.1 Å². The average Bonchev–Trinajstić information content (AvgIpc) is 2.43. The third-order valence-electron chi connectivity index (χ3n) is 3.00. The SMILES string of the molecule is CC1(C(=O)NCC(F)(F)F)CCCC1N. The first-order chi connectivity index (χ1) is 6.76. The lowest BCUT2D eigenvalue weighted by Crippen LogP contribution is -2.49. The van der Waals surface area contributed by atoms with Crippen molar-refractivity contribution < 1.29 is 18.0 Å². The van der Waals surface area contributed by atoms with Crippen LogP contribution in [-0.2, 0) is 4.79 Å². The predicted octanol–water partition coefficient (Wildman–Crippen LogP) is 1.18. The van der Waals surface area contributed by atoms with E-state index in [9.17, 15) is 18.0 Å². The van der Waals surface area contributed by atoms with Gasteiger partial charge in [0.15, 0.2) is 0 Å². The van der Waals surface area contributed by atoms with Crippen LogP contribution in [0.15, 0.2) is 0 Å². The van der Waals surface area contributed by atoms with Crippen molar-refractivity contribution in [3.63, 3.8) is 0 Å². The largest absolute Gasteiger partial charge is 0.405 e. The molecular weight excluding hydrogens is 209 g/mol. The molecule has 2 atom stereocenters. The Bertz CT molecular complexity index is 254. The molecule has 0 aromatic carbocycles. The molecule has 0 bridgehead atoms. The predicted molar refractivity (Wildman–Crippen MR) is 49.0 cm³/mol. The summed E-state index contributed by atoms with van der Waals surface area (Å²) in [6, 6.07) is -0.342. The van der Waals surface area contributed by atoms with E-state index in [2.05, 4.69) is 0 Å². The van der Waals surface area contributed by atoms with Crippen LogP contribution in [0.5, 0.6) is 0 Å². The van der Waals surface area contributed by atoms with Gasteiger partial charge in [0.25, 0.3) is 0 Å². The van der Waals surface area contributed by atoms with Gasteiger partial charge in [-0.1, -0.05) is 6.42 Å². The number of halogens is 3. The second-order valence-electron chi connectivity index (χ2n) is 4.21. The number of carbonyl (C=O) groups excluding carboxylic acids is 1. The summed E-state index contributed by atoms with van der Waals surface area (Å²) in [6.07, 6.45) is -2.33. The van der Waals surface area contributed by atoms with Crippen LogP contribution in [0, 0.1) is 5.41 Å². The second kappa shape index (κ2) is 4.00. The smallest absolute Gasteiger partial charge is 0.346 e. The van der Waals surface area contributed by atoms with Crippen molar-refractivity contribution in [2.45, 2.75) is 38.4 Å². The van der Waals surface area contributed by atoms with Gasteiger partial charge in [-0.05, 0) is 19.8 Å². The van der Waals surface area contributed by atoms with Crippen LogP contribution in [0.2, 0.25) is 0 Å². The van der Waals surface area contributed by atoms with Crippen molar-refractivity contribution in [2.24, 2.45) is 11.1 Å². The molecule has 1 saturated carbocycles. The Balaban J connectivity index is 2.53. The molecule has 0 saturated heterocycles. The van der Waals surface area contributed by atoms with Crippen molar-refractivity contribution in [3.8, 4) is 0 Å². The Morgan fingerprint density at radius 3 is 2.60 bits per heavy atom. The molecule has 0 aliphatic heterocycles. The molecule has 3 N–H and O–H groups in total. The van der Waals surface area contributed by atoms with Gasteiger partial charge in [0.2, 0.25) is 5.91 Å². The van der Waals surface area contributed by atoms with Crippen molar-refractivity contribution in [3.05, 3.63) is 0 Å². The van der Waals surface area contributed by atoms with Gasteiger partial charge in [-0.3, -0.25) is 4.79 Å². The number of hydrogen-bond donors (Lipinski definition) is 2. The van der Waals surface area contributed by atoms with Crippen LogP contribution in [0.4, 0.5) is 13.2 Å². The molecule has 1 aliphatic rings. The first kappa shape index (κ1) is 12.3. The zero-order valence-electron chi connectivity index (χ0n) is 8.53.